The van der Waals surface area contributed by atoms with Gasteiger partial charge in [0.25, 0.3) is 5.91 Å². The summed E-state index contributed by atoms with van der Waals surface area (Å²) in [4.78, 5) is 30.4. The molecule has 240 valence electrons. The van der Waals surface area contributed by atoms with Gasteiger partial charge in [-0.3, -0.25) is 4.79 Å². The fourth-order valence-electron chi connectivity index (χ4n) is 4.24. The van der Waals surface area contributed by atoms with Crippen molar-refractivity contribution in [3.8, 4) is 0 Å². The lowest BCUT2D eigenvalue weighted by Crippen LogP contribution is -2.44. The Morgan fingerprint density at radius 2 is 1.98 bits per heavy atom. The van der Waals surface area contributed by atoms with Gasteiger partial charge in [-0.1, -0.05) is 5.16 Å². The minimum absolute atomic E-state index is 0.0508. The SMILES string of the molecule is [2H]C1([2H])N(C(COC)c2cnn3cc(C(COC(C)(C)C(F)(F)F)NC(=O)c4nonc4C4CC4)nc3c2)C(=O)NC1([2H])C(F)(F)F. The van der Waals surface area contributed by atoms with Crippen LogP contribution in [0.1, 0.15) is 76.2 Å². The molecule has 3 atom stereocenters. The van der Waals surface area contributed by atoms with Crippen molar-refractivity contribution in [2.24, 2.45) is 0 Å². The Balaban J connectivity index is 1.49. The zero-order valence-corrected chi connectivity index (χ0v) is 23.3. The molecule has 4 heterocycles. The van der Waals surface area contributed by atoms with Crippen LogP contribution >= 0.6 is 0 Å². The molecule has 3 amide bonds. The number of carbonyl (C=O) groups excluding carboxylic acids is 2. The maximum atomic E-state index is 13.7. The summed E-state index contributed by atoms with van der Waals surface area (Å²) in [5.41, 5.74) is -2.67. The second-order valence-corrected chi connectivity index (χ2v) is 10.6. The maximum Gasteiger partial charge on any atom is 0.416 e. The quantitative estimate of drug-likeness (QED) is 0.302. The van der Waals surface area contributed by atoms with E-state index < -0.39 is 67.7 Å². The summed E-state index contributed by atoms with van der Waals surface area (Å²) < 4.78 is 122. The Morgan fingerprint density at radius 1 is 1.25 bits per heavy atom. The first-order chi connectivity index (χ1) is 21.7. The van der Waals surface area contributed by atoms with Gasteiger partial charge in [0, 0.05) is 18.6 Å². The number of fused-ring (bicyclic) bond motifs is 1. The van der Waals surface area contributed by atoms with Gasteiger partial charge in [0.2, 0.25) is 0 Å². The van der Waals surface area contributed by atoms with Crippen molar-refractivity contribution >= 4 is 17.6 Å². The third kappa shape index (κ3) is 6.42. The third-order valence-electron chi connectivity index (χ3n) is 7.00. The Kier molecular flexibility index (Phi) is 7.19. The molecule has 0 radical (unpaired) electrons. The van der Waals surface area contributed by atoms with Gasteiger partial charge in [-0.25, -0.2) is 18.9 Å². The maximum absolute atomic E-state index is 13.7. The van der Waals surface area contributed by atoms with E-state index in [1.165, 1.54) is 17.6 Å². The van der Waals surface area contributed by atoms with E-state index in [-0.39, 0.29) is 39.1 Å². The number of hydrogen-bond donors (Lipinski definition) is 2. The minimum atomic E-state index is -5.50. The number of methoxy groups -OCH3 is 1. The number of amides is 3. The predicted molar refractivity (Wildman–Crippen MR) is 135 cm³/mol. The van der Waals surface area contributed by atoms with Crippen molar-refractivity contribution in [3.63, 3.8) is 0 Å². The number of aromatic nitrogens is 5. The number of ether oxygens (including phenoxy) is 2. The van der Waals surface area contributed by atoms with Gasteiger partial charge in [-0.15, -0.1) is 0 Å². The van der Waals surface area contributed by atoms with Crippen LogP contribution in [0.3, 0.4) is 0 Å². The largest absolute Gasteiger partial charge is 0.416 e. The molecule has 2 fully saturated rings. The lowest BCUT2D eigenvalue weighted by Gasteiger charge is -2.29. The van der Waals surface area contributed by atoms with Crippen LogP contribution < -0.4 is 10.6 Å². The van der Waals surface area contributed by atoms with Crippen molar-refractivity contribution < 1.29 is 54.1 Å². The molecule has 1 aliphatic carbocycles. The molecule has 2 aliphatic rings. The number of hydrogen-bond acceptors (Lipinski definition) is 9. The third-order valence-corrected chi connectivity index (χ3v) is 7.00. The molecule has 0 aromatic carbocycles. The number of imidazole rings is 1. The van der Waals surface area contributed by atoms with E-state index in [0.29, 0.717) is 0 Å². The molecular formula is C25H28F6N8O5. The van der Waals surface area contributed by atoms with Crippen LogP contribution in [0.4, 0.5) is 31.1 Å². The van der Waals surface area contributed by atoms with E-state index in [1.807, 2.05) is 0 Å². The summed E-state index contributed by atoms with van der Waals surface area (Å²) in [5.74, 6) is -0.887. The summed E-state index contributed by atoms with van der Waals surface area (Å²) in [7, 11) is 1.16. The summed E-state index contributed by atoms with van der Waals surface area (Å²) in [6.45, 7) is -3.29. The number of rotatable bonds is 11. The molecule has 3 aromatic heterocycles. The fourth-order valence-corrected chi connectivity index (χ4v) is 4.24. The predicted octanol–water partition coefficient (Wildman–Crippen LogP) is 3.46. The zero-order valence-electron chi connectivity index (χ0n) is 26.3. The average Bonchev–Trinajstić information content (AvgIpc) is 3.45. The normalized spacial score (nSPS) is 23.2. The average molecular weight is 638 g/mol. The molecule has 1 saturated heterocycles. The Labute approximate surface area is 249 Å². The summed E-state index contributed by atoms with van der Waals surface area (Å²) >= 11 is 0. The highest BCUT2D eigenvalue weighted by molar-refractivity contribution is 5.93. The lowest BCUT2D eigenvalue weighted by atomic mass is 10.1. The molecule has 0 bridgehead atoms. The number of nitrogens with one attached hydrogen (secondary N) is 2. The first-order valence-electron chi connectivity index (χ1n) is 14.6. The number of nitrogens with zero attached hydrogens (tertiary/aromatic N) is 6. The van der Waals surface area contributed by atoms with Gasteiger partial charge in [0.1, 0.15) is 11.7 Å². The van der Waals surface area contributed by atoms with Crippen LogP contribution in [0.15, 0.2) is 23.1 Å². The van der Waals surface area contributed by atoms with Gasteiger partial charge in [0.15, 0.2) is 16.9 Å². The van der Waals surface area contributed by atoms with Crippen molar-refractivity contribution in [1.82, 2.24) is 40.4 Å². The van der Waals surface area contributed by atoms with Gasteiger partial charge >= 0.3 is 18.4 Å². The number of urea groups is 1. The molecule has 1 saturated carbocycles. The standard InChI is InChI=1S/C25H28F6N8O5/c1-23(2,25(29,30)31)43-10-15(34-21(40)20-19(12-4-5-12)36-44-37-20)14-8-39-18(33-14)6-13(7-32-39)16(11-42-3)38-9-17(24(26,27)28)35-22(38)41/h6-8,12,15-17H,4-5,9-11H2,1-3H3,(H,34,40)(H,35,41)/i9D2,17D. The molecule has 19 heteroatoms. The van der Waals surface area contributed by atoms with Crippen LogP contribution in [0.5, 0.6) is 0 Å². The van der Waals surface area contributed by atoms with Crippen molar-refractivity contribution in [1.29, 1.82) is 0 Å². The van der Waals surface area contributed by atoms with Crippen molar-refractivity contribution in [3.05, 3.63) is 41.1 Å². The van der Waals surface area contributed by atoms with Gasteiger partial charge < -0.3 is 25.0 Å². The molecule has 0 spiro atoms. The summed E-state index contributed by atoms with van der Waals surface area (Å²) in [6.07, 6.45) is -6.46. The molecule has 44 heavy (non-hydrogen) atoms. The second kappa shape index (κ2) is 11.5. The molecule has 13 nitrogen and oxygen atoms in total. The topological polar surface area (TPSA) is 149 Å². The molecular weight excluding hydrogens is 606 g/mol. The first kappa shape index (κ1) is 27.5. The number of alkyl halides is 6. The molecule has 5 rings (SSSR count). The molecule has 3 aromatic rings. The van der Waals surface area contributed by atoms with Gasteiger partial charge in [-0.2, -0.15) is 31.4 Å². The van der Waals surface area contributed by atoms with Gasteiger partial charge in [0.05, 0.1) is 54.0 Å². The van der Waals surface area contributed by atoms with Gasteiger partial charge in [-0.05, 0) is 37.9 Å². The Hall–Kier alpha value is -4.00. The molecule has 2 N–H and O–H groups in total. The highest BCUT2D eigenvalue weighted by atomic mass is 19.4. The lowest BCUT2D eigenvalue weighted by molar-refractivity contribution is -0.265. The van der Waals surface area contributed by atoms with Crippen LogP contribution in [0.2, 0.25) is 0 Å². The van der Waals surface area contributed by atoms with Crippen LogP contribution in [0, 0.1) is 0 Å². The summed E-state index contributed by atoms with van der Waals surface area (Å²) in [5, 5.41) is 15.4. The zero-order chi connectivity index (χ0) is 34.7. The van der Waals surface area contributed by atoms with Crippen LogP contribution in [0.25, 0.3) is 5.65 Å². The Morgan fingerprint density at radius 3 is 2.59 bits per heavy atom. The molecule has 1 aliphatic heterocycles. The smallest absolute Gasteiger partial charge is 0.382 e. The summed E-state index contributed by atoms with van der Waals surface area (Å²) in [6, 6.07) is -7.20. The Bertz CT molecular complexity index is 1660. The van der Waals surface area contributed by atoms with E-state index in [1.54, 1.807) is 0 Å². The first-order valence-corrected chi connectivity index (χ1v) is 13.1. The fraction of sp³-hybridized carbons (Fsp3) is 0.600. The van der Waals surface area contributed by atoms with Crippen molar-refractivity contribution in [2.45, 2.75) is 68.7 Å². The second-order valence-electron chi connectivity index (χ2n) is 10.6. The minimum Gasteiger partial charge on any atom is -0.382 e. The molecule has 3 unspecified atom stereocenters. The number of halogens is 6. The van der Waals surface area contributed by atoms with Crippen LogP contribution in [-0.2, 0) is 9.47 Å². The van der Waals surface area contributed by atoms with E-state index in [2.05, 4.69) is 25.7 Å². The highest BCUT2D eigenvalue weighted by Crippen LogP contribution is 2.40. The van der Waals surface area contributed by atoms with E-state index in [0.717, 1.165) is 44.5 Å². The van der Waals surface area contributed by atoms with E-state index >= 15 is 0 Å². The monoisotopic (exact) mass is 637 g/mol. The number of carbonyl (C=O) groups is 2. The van der Waals surface area contributed by atoms with E-state index in [9.17, 15) is 35.9 Å². The van der Waals surface area contributed by atoms with Crippen LogP contribution in [-0.4, -0.2) is 92.5 Å². The van der Waals surface area contributed by atoms with E-state index in [4.69, 9.17) is 18.2 Å². The highest BCUT2D eigenvalue weighted by Gasteiger charge is 2.50. The van der Waals surface area contributed by atoms with Crippen molar-refractivity contribution in [2.75, 3.05) is 26.8 Å².